The number of hydrogen-bond donors (Lipinski definition) is 3. The number of nitrogens with one attached hydrogen (secondary N) is 3. The van der Waals surface area contributed by atoms with Gasteiger partial charge in [-0.2, -0.15) is 4.98 Å². The number of benzene rings is 3. The lowest BCUT2D eigenvalue weighted by Gasteiger charge is -2.09. The number of aryl methyl sites for hydroxylation is 1. The third-order valence-corrected chi connectivity index (χ3v) is 4.63. The molecule has 28 heavy (non-hydrogen) atoms. The highest BCUT2D eigenvalue weighted by Gasteiger charge is 2.13. The zero-order chi connectivity index (χ0) is 19.5. The van der Waals surface area contributed by atoms with Gasteiger partial charge in [-0.25, -0.2) is 0 Å². The van der Waals surface area contributed by atoms with Crippen molar-refractivity contribution in [3.63, 3.8) is 0 Å². The van der Waals surface area contributed by atoms with Crippen molar-refractivity contribution in [3.05, 3.63) is 94.0 Å². The first-order valence-electron chi connectivity index (χ1n) is 8.83. The number of hydrogen-bond acceptors (Lipinski definition) is 3. The summed E-state index contributed by atoms with van der Waals surface area (Å²) in [5.74, 6) is 0.257. The first-order chi connectivity index (χ1) is 13.6. The number of rotatable bonds is 4. The predicted molar refractivity (Wildman–Crippen MR) is 114 cm³/mol. The Morgan fingerprint density at radius 3 is 2.50 bits per heavy atom. The molecule has 5 nitrogen and oxygen atoms in total. The molecule has 1 amide bonds. The number of amides is 1. The summed E-state index contributed by atoms with van der Waals surface area (Å²) in [6.45, 7) is 1.98. The van der Waals surface area contributed by atoms with Crippen LogP contribution in [0.1, 0.15) is 27.3 Å². The van der Waals surface area contributed by atoms with E-state index in [4.69, 9.17) is 12.2 Å². The van der Waals surface area contributed by atoms with Crippen molar-refractivity contribution in [3.8, 4) is 0 Å². The monoisotopic (exact) mass is 386 g/mol. The second-order valence-electron chi connectivity index (χ2n) is 6.46. The van der Waals surface area contributed by atoms with Gasteiger partial charge in [-0.1, -0.05) is 60.2 Å². The van der Waals surface area contributed by atoms with Gasteiger partial charge < -0.3 is 5.32 Å². The zero-order valence-corrected chi connectivity index (χ0v) is 16.0. The molecule has 6 heteroatoms. The van der Waals surface area contributed by atoms with Gasteiger partial charge in [-0.3, -0.25) is 15.0 Å². The molecular formula is C22H18N4OS. The van der Waals surface area contributed by atoms with E-state index in [0.717, 1.165) is 21.9 Å². The molecule has 0 aliphatic heterocycles. The number of carbonyl (C=O) groups is 1. The highest BCUT2D eigenvalue weighted by Crippen LogP contribution is 2.22. The van der Waals surface area contributed by atoms with Gasteiger partial charge in [0.15, 0.2) is 5.82 Å². The van der Waals surface area contributed by atoms with E-state index in [-0.39, 0.29) is 5.91 Å². The summed E-state index contributed by atoms with van der Waals surface area (Å²) in [5, 5.41) is 10.9. The lowest BCUT2D eigenvalue weighted by Crippen LogP contribution is -2.22. The molecule has 1 aromatic heterocycles. The Labute approximate surface area is 167 Å². The minimum atomic E-state index is -0.214. The van der Waals surface area contributed by atoms with Crippen molar-refractivity contribution in [1.82, 2.24) is 20.5 Å². The van der Waals surface area contributed by atoms with Crippen molar-refractivity contribution in [2.24, 2.45) is 0 Å². The first-order valence-corrected chi connectivity index (χ1v) is 9.23. The molecule has 0 aliphatic carbocycles. The lowest BCUT2D eigenvalue weighted by atomic mass is 10.0. The summed E-state index contributed by atoms with van der Waals surface area (Å²) in [7, 11) is 0. The van der Waals surface area contributed by atoms with Gasteiger partial charge in [0, 0.05) is 5.56 Å². The second-order valence-corrected chi connectivity index (χ2v) is 6.85. The van der Waals surface area contributed by atoms with E-state index in [1.807, 2.05) is 55.5 Å². The van der Waals surface area contributed by atoms with Crippen molar-refractivity contribution in [1.29, 1.82) is 0 Å². The molecule has 3 N–H and O–H groups in total. The number of aromatic amines is 2. The largest absolute Gasteiger partial charge is 0.319 e. The van der Waals surface area contributed by atoms with Crippen LogP contribution >= 0.6 is 12.2 Å². The molecule has 0 spiro atoms. The molecule has 138 valence electrons. The molecule has 0 fully saturated rings. The molecule has 0 saturated heterocycles. The van der Waals surface area contributed by atoms with E-state index >= 15 is 0 Å². The van der Waals surface area contributed by atoms with E-state index < -0.39 is 0 Å². The van der Waals surface area contributed by atoms with Crippen LogP contribution in [0.2, 0.25) is 0 Å². The van der Waals surface area contributed by atoms with Crippen LogP contribution in [0.15, 0.2) is 66.7 Å². The molecule has 0 aliphatic rings. The summed E-state index contributed by atoms with van der Waals surface area (Å²) in [6.07, 6.45) is 1.90. The molecule has 4 aromatic rings. The fraction of sp³-hybridized carbons (Fsp3) is 0.0455. The Balaban J connectivity index is 1.77. The van der Waals surface area contributed by atoms with Crippen LogP contribution in [-0.2, 0) is 0 Å². The van der Waals surface area contributed by atoms with Crippen LogP contribution in [0, 0.1) is 11.7 Å². The average molecular weight is 386 g/mol. The Bertz CT molecular complexity index is 1230. The number of nitrogens with zero attached hydrogens (tertiary/aromatic N) is 1. The Morgan fingerprint density at radius 2 is 1.75 bits per heavy atom. The molecule has 0 atom stereocenters. The van der Waals surface area contributed by atoms with Crippen LogP contribution < -0.4 is 5.32 Å². The van der Waals surface area contributed by atoms with Gasteiger partial charge in [-0.05, 0) is 53.7 Å². The Morgan fingerprint density at radius 1 is 1.00 bits per heavy atom. The quantitative estimate of drug-likeness (QED) is 0.439. The Hall–Kier alpha value is -3.51. The van der Waals surface area contributed by atoms with Gasteiger partial charge in [0.05, 0.1) is 5.70 Å². The molecule has 0 unspecified atom stereocenters. The van der Waals surface area contributed by atoms with Crippen molar-refractivity contribution >= 4 is 40.7 Å². The zero-order valence-electron chi connectivity index (χ0n) is 15.2. The highest BCUT2D eigenvalue weighted by molar-refractivity contribution is 7.71. The summed E-state index contributed by atoms with van der Waals surface area (Å²) >= 11 is 5.08. The van der Waals surface area contributed by atoms with Gasteiger partial charge in [-0.15, -0.1) is 0 Å². The third kappa shape index (κ3) is 3.77. The maximum atomic E-state index is 12.8. The third-order valence-electron chi connectivity index (χ3n) is 4.44. The smallest absolute Gasteiger partial charge is 0.255 e. The van der Waals surface area contributed by atoms with Gasteiger partial charge in [0.25, 0.3) is 5.91 Å². The summed E-state index contributed by atoms with van der Waals surface area (Å²) in [5.41, 5.74) is 3.18. The predicted octanol–water partition coefficient (Wildman–Crippen LogP) is 4.86. The fourth-order valence-corrected chi connectivity index (χ4v) is 3.13. The first kappa shape index (κ1) is 17.9. The van der Waals surface area contributed by atoms with E-state index in [1.165, 1.54) is 0 Å². The van der Waals surface area contributed by atoms with Gasteiger partial charge in [0.2, 0.25) is 4.77 Å². The van der Waals surface area contributed by atoms with Crippen LogP contribution in [0.25, 0.3) is 22.5 Å². The molecule has 0 radical (unpaired) electrons. The maximum Gasteiger partial charge on any atom is 0.255 e. The fourth-order valence-electron chi connectivity index (χ4n) is 2.99. The van der Waals surface area contributed by atoms with Crippen molar-refractivity contribution in [2.45, 2.75) is 6.92 Å². The number of H-pyrrole nitrogens is 2. The summed E-state index contributed by atoms with van der Waals surface area (Å²) < 4.78 is 0.323. The maximum absolute atomic E-state index is 12.8. The van der Waals surface area contributed by atoms with E-state index in [9.17, 15) is 4.79 Å². The minimum Gasteiger partial charge on any atom is -0.319 e. The SMILES string of the molecule is Cc1ccc(C(=O)N/C(=C\c2cccc3ccccc23)c2nc(=S)[nH][nH]2)cc1. The molecular weight excluding hydrogens is 368 g/mol. The standard InChI is InChI=1S/C22H18N4OS/c1-14-9-11-16(12-10-14)21(27)23-19(20-24-22(28)26-25-20)13-17-7-4-6-15-5-2-3-8-18(15)17/h2-13H,1H3,(H,23,27)(H2,24,25,26,28)/b19-13-. The van der Waals surface area contributed by atoms with E-state index in [0.29, 0.717) is 21.9 Å². The van der Waals surface area contributed by atoms with E-state index in [2.05, 4.69) is 32.6 Å². The second kappa shape index (κ2) is 7.62. The van der Waals surface area contributed by atoms with Crippen LogP contribution in [0.5, 0.6) is 0 Å². The average Bonchev–Trinajstić information content (AvgIpc) is 3.14. The molecule has 3 aromatic carbocycles. The van der Waals surface area contributed by atoms with Gasteiger partial charge >= 0.3 is 0 Å². The lowest BCUT2D eigenvalue weighted by molar-refractivity contribution is 0.0973. The number of aromatic nitrogens is 3. The molecule has 4 rings (SSSR count). The van der Waals surface area contributed by atoms with E-state index in [1.54, 1.807) is 12.1 Å². The van der Waals surface area contributed by atoms with Crippen LogP contribution in [0.3, 0.4) is 0 Å². The van der Waals surface area contributed by atoms with Crippen molar-refractivity contribution in [2.75, 3.05) is 0 Å². The topological polar surface area (TPSA) is 73.6 Å². The molecule has 1 heterocycles. The molecule has 0 saturated carbocycles. The summed E-state index contributed by atoms with van der Waals surface area (Å²) in [6, 6.07) is 21.6. The van der Waals surface area contributed by atoms with Gasteiger partial charge in [0.1, 0.15) is 0 Å². The molecule has 0 bridgehead atoms. The van der Waals surface area contributed by atoms with Crippen LogP contribution in [-0.4, -0.2) is 21.1 Å². The summed E-state index contributed by atoms with van der Waals surface area (Å²) in [4.78, 5) is 17.0. The Kier molecular flexibility index (Phi) is 4.87. The number of fused-ring (bicyclic) bond motifs is 1. The number of carbonyl (C=O) groups excluding carboxylic acids is 1. The normalized spacial score (nSPS) is 11.5. The van der Waals surface area contributed by atoms with Crippen molar-refractivity contribution < 1.29 is 4.79 Å². The van der Waals surface area contributed by atoms with Crippen LogP contribution in [0.4, 0.5) is 0 Å². The minimum absolute atomic E-state index is 0.214. The highest BCUT2D eigenvalue weighted by atomic mass is 32.1.